The number of nitrogens with zero attached hydrogens (tertiary/aromatic N) is 2. The average molecular weight is 342 g/mol. The summed E-state index contributed by atoms with van der Waals surface area (Å²) in [4.78, 5) is 1.00. The molecule has 0 spiro atoms. The normalized spacial score (nSPS) is 23.6. The summed E-state index contributed by atoms with van der Waals surface area (Å²) >= 11 is 0. The highest BCUT2D eigenvalue weighted by atomic mass is 32.2. The zero-order valence-corrected chi connectivity index (χ0v) is 11.6. The number of rotatable bonds is 4. The lowest BCUT2D eigenvalue weighted by atomic mass is 10.00. The van der Waals surface area contributed by atoms with E-state index in [1.165, 1.54) is 6.92 Å². The van der Waals surface area contributed by atoms with Crippen molar-refractivity contribution in [1.82, 2.24) is 9.80 Å². The molecule has 21 heavy (non-hydrogen) atoms. The lowest BCUT2D eigenvalue weighted by Crippen LogP contribution is -2.70. The molecule has 0 bridgehead atoms. The van der Waals surface area contributed by atoms with E-state index in [9.17, 15) is 34.8 Å². The zero-order chi connectivity index (χ0) is 16.9. The number of alkyl halides is 6. The fraction of sp³-hybridized carbons (Fsp3) is 0.778. The second-order valence-corrected chi connectivity index (χ2v) is 5.83. The molecule has 0 aromatic carbocycles. The summed E-state index contributed by atoms with van der Waals surface area (Å²) in [5.41, 5.74) is -5.54. The Hall–Kier alpha value is -1.17. The van der Waals surface area contributed by atoms with Gasteiger partial charge in [0, 0.05) is 26.0 Å². The molecule has 0 aromatic rings. The largest absolute Gasteiger partial charge is 0.433 e. The third kappa shape index (κ3) is 2.43. The lowest BCUT2D eigenvalue weighted by molar-refractivity contribution is -0.307. The van der Waals surface area contributed by atoms with Gasteiger partial charge >= 0.3 is 27.2 Å². The van der Waals surface area contributed by atoms with Crippen LogP contribution in [0.2, 0.25) is 0 Å². The Bertz CT molecular complexity index is 534. The van der Waals surface area contributed by atoms with Crippen LogP contribution in [0.25, 0.3) is 0 Å². The van der Waals surface area contributed by atoms with E-state index in [0.717, 1.165) is 19.4 Å². The van der Waals surface area contributed by atoms with Gasteiger partial charge in [0.25, 0.3) is 0 Å². The van der Waals surface area contributed by atoms with Gasteiger partial charge in [-0.2, -0.15) is 30.4 Å². The molecule has 1 aliphatic rings. The van der Waals surface area contributed by atoms with Gasteiger partial charge in [0.15, 0.2) is 6.17 Å². The Morgan fingerprint density at radius 3 is 1.95 bits per heavy atom. The maximum atomic E-state index is 14.4. The van der Waals surface area contributed by atoms with Crippen LogP contribution in [0, 0.1) is 0 Å². The third-order valence-corrected chi connectivity index (χ3v) is 4.02. The van der Waals surface area contributed by atoms with Gasteiger partial charge in [-0.1, -0.05) is 0 Å². The van der Waals surface area contributed by atoms with E-state index in [0.29, 0.717) is 9.80 Å². The van der Waals surface area contributed by atoms with E-state index < -0.39 is 33.4 Å². The molecule has 124 valence electrons. The van der Waals surface area contributed by atoms with E-state index in [4.69, 9.17) is 4.55 Å². The molecule has 0 saturated carbocycles. The monoisotopic (exact) mass is 342 g/mol. The van der Waals surface area contributed by atoms with Crippen molar-refractivity contribution in [2.75, 3.05) is 13.6 Å². The van der Waals surface area contributed by atoms with Gasteiger partial charge in [-0.05, 0) is 6.92 Å². The summed E-state index contributed by atoms with van der Waals surface area (Å²) in [6.45, 7) is 0.966. The molecule has 5 nitrogen and oxygen atoms in total. The molecule has 0 fully saturated rings. The number of hydrogen-bond acceptors (Lipinski definition) is 4. The number of hydrogen-bond donors (Lipinski definition) is 1. The molecule has 0 aliphatic carbocycles. The predicted octanol–water partition coefficient (Wildman–Crippen LogP) is 1.80. The maximum absolute atomic E-state index is 14.4. The minimum absolute atomic E-state index is 0.297. The van der Waals surface area contributed by atoms with Crippen molar-refractivity contribution < 1.29 is 39.3 Å². The fourth-order valence-corrected chi connectivity index (χ4v) is 2.62. The molecule has 2 unspecified atom stereocenters. The molecule has 1 aliphatic heterocycles. The van der Waals surface area contributed by atoms with Gasteiger partial charge in [0.1, 0.15) is 0 Å². The summed E-state index contributed by atoms with van der Waals surface area (Å²) in [7, 11) is -5.77. The van der Waals surface area contributed by atoms with E-state index in [1.807, 2.05) is 0 Å². The minimum atomic E-state index is -6.65. The van der Waals surface area contributed by atoms with Crippen molar-refractivity contribution in [2.24, 2.45) is 0 Å². The van der Waals surface area contributed by atoms with Crippen LogP contribution in [-0.2, 0) is 10.1 Å². The summed E-state index contributed by atoms with van der Waals surface area (Å²) in [6.07, 6.45) is -7.15. The van der Waals surface area contributed by atoms with Crippen LogP contribution in [0.4, 0.5) is 26.3 Å². The maximum Gasteiger partial charge on any atom is 0.433 e. The first-order chi connectivity index (χ1) is 9.21. The van der Waals surface area contributed by atoms with Crippen molar-refractivity contribution in [3.8, 4) is 0 Å². The first kappa shape index (κ1) is 17.9. The van der Waals surface area contributed by atoms with Crippen molar-refractivity contribution in [3.05, 3.63) is 12.4 Å². The highest BCUT2D eigenvalue weighted by molar-refractivity contribution is 7.87. The highest BCUT2D eigenvalue weighted by Crippen LogP contribution is 2.52. The smallest absolute Gasteiger partial charge is 0.356 e. The molecule has 1 N–H and O–H groups in total. The van der Waals surface area contributed by atoms with Gasteiger partial charge < -0.3 is 9.80 Å². The summed E-state index contributed by atoms with van der Waals surface area (Å²) < 4.78 is 110. The third-order valence-electron chi connectivity index (χ3n) is 3.07. The van der Waals surface area contributed by atoms with E-state index >= 15 is 0 Å². The van der Waals surface area contributed by atoms with Crippen LogP contribution < -0.4 is 0 Å². The predicted molar refractivity (Wildman–Crippen MR) is 59.5 cm³/mol. The van der Waals surface area contributed by atoms with Gasteiger partial charge in [0.2, 0.25) is 0 Å². The van der Waals surface area contributed by atoms with Crippen LogP contribution in [-0.4, -0.2) is 59.6 Å². The Labute approximate surface area is 116 Å². The van der Waals surface area contributed by atoms with Crippen LogP contribution in [0.5, 0.6) is 0 Å². The molecule has 0 amide bonds. The van der Waals surface area contributed by atoms with Crippen molar-refractivity contribution in [3.63, 3.8) is 0 Å². The fourth-order valence-electron chi connectivity index (χ4n) is 2.02. The van der Waals surface area contributed by atoms with Crippen molar-refractivity contribution in [1.29, 1.82) is 0 Å². The zero-order valence-electron chi connectivity index (χ0n) is 10.8. The van der Waals surface area contributed by atoms with E-state index in [1.54, 1.807) is 0 Å². The van der Waals surface area contributed by atoms with Crippen molar-refractivity contribution in [2.45, 2.75) is 30.2 Å². The molecule has 0 radical (unpaired) electrons. The van der Waals surface area contributed by atoms with Crippen LogP contribution in [0.3, 0.4) is 0 Å². The second kappa shape index (κ2) is 4.93. The summed E-state index contributed by atoms with van der Waals surface area (Å²) in [5.74, 6) is 0. The molecular weight excluding hydrogens is 330 g/mol. The first-order valence-electron chi connectivity index (χ1n) is 5.48. The SMILES string of the molecule is CCN1C=CN(C)C1C(F)(C(F)(F)F)C(F)(F)S(=O)(=O)O. The van der Waals surface area contributed by atoms with Gasteiger partial charge in [0.05, 0.1) is 0 Å². The summed E-state index contributed by atoms with van der Waals surface area (Å²) in [5, 5.41) is -6.09. The molecular formula is C9H12F6N2O3S. The van der Waals surface area contributed by atoms with Crippen LogP contribution >= 0.6 is 0 Å². The van der Waals surface area contributed by atoms with Crippen molar-refractivity contribution >= 4 is 10.1 Å². The standard InChI is InChI=1S/C9H12F6N2O3S/c1-3-17-5-4-16(2)6(17)7(10,8(11,12)13)9(14,15)21(18,19)20/h4-6H,3H2,1-2H3,(H,18,19,20). The molecule has 0 aromatic heterocycles. The first-order valence-corrected chi connectivity index (χ1v) is 6.92. The Kier molecular flexibility index (Phi) is 4.20. The van der Waals surface area contributed by atoms with E-state index in [-0.39, 0.29) is 6.54 Å². The molecule has 12 heteroatoms. The second-order valence-electron chi connectivity index (χ2n) is 4.37. The van der Waals surface area contributed by atoms with E-state index in [2.05, 4.69) is 0 Å². The molecule has 1 rings (SSSR count). The Morgan fingerprint density at radius 1 is 1.14 bits per heavy atom. The van der Waals surface area contributed by atoms with Gasteiger partial charge in [-0.3, -0.25) is 4.55 Å². The van der Waals surface area contributed by atoms with Crippen LogP contribution in [0.1, 0.15) is 6.92 Å². The van der Waals surface area contributed by atoms with Crippen LogP contribution in [0.15, 0.2) is 12.4 Å². The molecule has 1 heterocycles. The lowest BCUT2D eigenvalue weighted by Gasteiger charge is -2.43. The minimum Gasteiger partial charge on any atom is -0.356 e. The quantitative estimate of drug-likeness (QED) is 0.624. The van der Waals surface area contributed by atoms with Gasteiger partial charge in [-0.25, -0.2) is 4.39 Å². The van der Waals surface area contributed by atoms with Gasteiger partial charge in [-0.15, -0.1) is 0 Å². The Morgan fingerprint density at radius 2 is 1.62 bits per heavy atom. The highest BCUT2D eigenvalue weighted by Gasteiger charge is 2.81. The molecule has 2 atom stereocenters. The topological polar surface area (TPSA) is 60.9 Å². The average Bonchev–Trinajstić information content (AvgIpc) is 2.66. The Balaban J connectivity index is 3.58. The molecule has 0 saturated heterocycles. The number of halogens is 6. The summed E-state index contributed by atoms with van der Waals surface area (Å²) in [6, 6.07) is 0.